The number of carboxylic acid groups (broad SMARTS) is 1. The van der Waals surface area contributed by atoms with Crippen molar-refractivity contribution < 1.29 is 19.4 Å². The van der Waals surface area contributed by atoms with Crippen LogP contribution in [-0.2, 0) is 15.3 Å². The molecule has 0 bridgehead atoms. The number of thioether (sulfide) groups is 1. The van der Waals surface area contributed by atoms with E-state index in [1.807, 2.05) is 18.2 Å². The Kier molecular flexibility index (Phi) is 6.48. The summed E-state index contributed by atoms with van der Waals surface area (Å²) in [6, 6.07) is 4.56. The maximum Gasteiger partial charge on any atom is 0.408 e. The van der Waals surface area contributed by atoms with E-state index >= 15 is 0 Å². The fourth-order valence-corrected chi connectivity index (χ4v) is 2.35. The molecule has 116 valence electrons. The molecule has 6 nitrogen and oxygen atoms in total. The second kappa shape index (κ2) is 7.87. The van der Waals surface area contributed by atoms with Gasteiger partial charge < -0.3 is 15.2 Å². The molecule has 1 heterocycles. The summed E-state index contributed by atoms with van der Waals surface area (Å²) >= 11 is 1.39. The SMILES string of the molecule is CC(C)(C)OC(=O)NC(CSCc1ccccn1)C(=O)O. The van der Waals surface area contributed by atoms with E-state index in [9.17, 15) is 9.59 Å². The van der Waals surface area contributed by atoms with Crippen molar-refractivity contribution in [3.8, 4) is 0 Å². The topological polar surface area (TPSA) is 88.5 Å². The van der Waals surface area contributed by atoms with Crippen LogP contribution < -0.4 is 5.32 Å². The van der Waals surface area contributed by atoms with E-state index < -0.39 is 23.7 Å². The summed E-state index contributed by atoms with van der Waals surface area (Å²) in [6.45, 7) is 5.16. The number of amides is 1. The lowest BCUT2D eigenvalue weighted by Gasteiger charge is -2.21. The molecule has 7 heteroatoms. The average molecular weight is 312 g/mol. The van der Waals surface area contributed by atoms with Crippen LogP contribution in [0.1, 0.15) is 26.5 Å². The van der Waals surface area contributed by atoms with Crippen LogP contribution >= 0.6 is 11.8 Å². The first-order valence-corrected chi connectivity index (χ1v) is 7.63. The largest absolute Gasteiger partial charge is 0.480 e. The molecule has 1 aromatic rings. The number of pyridine rings is 1. The minimum atomic E-state index is -1.09. The Labute approximate surface area is 128 Å². The number of ether oxygens (including phenoxy) is 1. The van der Waals surface area contributed by atoms with Crippen LogP contribution in [0.25, 0.3) is 0 Å². The first kappa shape index (κ1) is 17.3. The molecule has 0 radical (unpaired) electrons. The molecular weight excluding hydrogens is 292 g/mol. The molecule has 1 rings (SSSR count). The van der Waals surface area contributed by atoms with Gasteiger partial charge in [0.15, 0.2) is 0 Å². The number of nitrogens with one attached hydrogen (secondary N) is 1. The van der Waals surface area contributed by atoms with Crippen molar-refractivity contribution >= 4 is 23.8 Å². The Hall–Kier alpha value is -1.76. The van der Waals surface area contributed by atoms with Crippen LogP contribution in [0.3, 0.4) is 0 Å². The lowest BCUT2D eigenvalue weighted by atomic mass is 10.2. The summed E-state index contributed by atoms with van der Waals surface area (Å²) in [4.78, 5) is 26.9. The minimum Gasteiger partial charge on any atom is -0.480 e. The number of nitrogens with zero attached hydrogens (tertiary/aromatic N) is 1. The van der Waals surface area contributed by atoms with Gasteiger partial charge in [-0.25, -0.2) is 9.59 Å². The third-order valence-corrected chi connectivity index (χ3v) is 3.32. The molecule has 0 saturated carbocycles. The molecule has 1 aromatic heterocycles. The zero-order valence-electron chi connectivity index (χ0n) is 12.3. The van der Waals surface area contributed by atoms with E-state index in [1.165, 1.54) is 11.8 Å². The molecule has 1 atom stereocenters. The van der Waals surface area contributed by atoms with Gasteiger partial charge in [0.25, 0.3) is 0 Å². The fraction of sp³-hybridized carbons (Fsp3) is 0.500. The second-order valence-corrected chi connectivity index (χ2v) is 6.40. The summed E-state index contributed by atoms with van der Waals surface area (Å²) in [5.74, 6) is -0.263. The summed E-state index contributed by atoms with van der Waals surface area (Å²) < 4.78 is 5.05. The standard InChI is InChI=1S/C14H20N2O4S/c1-14(2,3)20-13(19)16-11(12(17)18)9-21-8-10-6-4-5-7-15-10/h4-7,11H,8-9H2,1-3H3,(H,16,19)(H,17,18). The van der Waals surface area contributed by atoms with Gasteiger partial charge >= 0.3 is 12.1 Å². The third-order valence-electron chi connectivity index (χ3n) is 2.25. The molecule has 1 unspecified atom stereocenters. The van der Waals surface area contributed by atoms with Crippen molar-refractivity contribution in [2.45, 2.75) is 38.2 Å². The predicted octanol–water partition coefficient (Wildman–Crippen LogP) is 2.29. The van der Waals surface area contributed by atoms with Crippen LogP contribution in [0.15, 0.2) is 24.4 Å². The van der Waals surface area contributed by atoms with Gasteiger partial charge in [0.1, 0.15) is 11.6 Å². The van der Waals surface area contributed by atoms with Crippen molar-refractivity contribution in [3.63, 3.8) is 0 Å². The van der Waals surface area contributed by atoms with Gasteiger partial charge in [-0.05, 0) is 32.9 Å². The van der Waals surface area contributed by atoms with Gasteiger partial charge in [-0.3, -0.25) is 4.98 Å². The first-order valence-electron chi connectivity index (χ1n) is 6.48. The van der Waals surface area contributed by atoms with Crippen LogP contribution in [0.4, 0.5) is 4.79 Å². The molecule has 0 fully saturated rings. The maximum atomic E-state index is 11.6. The lowest BCUT2D eigenvalue weighted by Crippen LogP contribution is -2.44. The molecule has 1 amide bonds. The highest BCUT2D eigenvalue weighted by Crippen LogP contribution is 2.12. The lowest BCUT2D eigenvalue weighted by molar-refractivity contribution is -0.138. The van der Waals surface area contributed by atoms with E-state index in [-0.39, 0.29) is 5.75 Å². The van der Waals surface area contributed by atoms with E-state index in [4.69, 9.17) is 9.84 Å². The first-order chi connectivity index (χ1) is 9.78. The van der Waals surface area contributed by atoms with E-state index in [0.717, 1.165) is 5.69 Å². The molecule has 0 aromatic carbocycles. The van der Waals surface area contributed by atoms with Gasteiger partial charge in [0.2, 0.25) is 0 Å². The normalized spacial score (nSPS) is 12.5. The Balaban J connectivity index is 2.43. The predicted molar refractivity (Wildman–Crippen MR) is 81.2 cm³/mol. The van der Waals surface area contributed by atoms with E-state index in [1.54, 1.807) is 27.0 Å². The van der Waals surface area contributed by atoms with Crippen LogP contribution in [0, 0.1) is 0 Å². The van der Waals surface area contributed by atoms with Crippen LogP contribution in [0.5, 0.6) is 0 Å². The zero-order valence-corrected chi connectivity index (χ0v) is 13.1. The van der Waals surface area contributed by atoms with Gasteiger partial charge in [0.05, 0.1) is 5.69 Å². The molecule has 0 spiro atoms. The third kappa shape index (κ3) is 7.55. The molecular formula is C14H20N2O4S. The van der Waals surface area contributed by atoms with E-state index in [2.05, 4.69) is 10.3 Å². The molecule has 0 saturated heterocycles. The summed E-state index contributed by atoms with van der Waals surface area (Å²) in [7, 11) is 0. The van der Waals surface area contributed by atoms with Gasteiger partial charge in [-0.1, -0.05) is 6.07 Å². The highest BCUT2D eigenvalue weighted by molar-refractivity contribution is 7.98. The number of aliphatic carboxylic acids is 1. The Morgan fingerprint density at radius 2 is 2.14 bits per heavy atom. The van der Waals surface area contributed by atoms with Crippen molar-refractivity contribution in [1.29, 1.82) is 0 Å². The minimum absolute atomic E-state index is 0.241. The van der Waals surface area contributed by atoms with Gasteiger partial charge in [-0.15, -0.1) is 0 Å². The summed E-state index contributed by atoms with van der Waals surface area (Å²) in [6.07, 6.45) is 0.956. The second-order valence-electron chi connectivity index (χ2n) is 5.37. The van der Waals surface area contributed by atoms with Gasteiger partial charge in [-0.2, -0.15) is 11.8 Å². The fourth-order valence-electron chi connectivity index (χ4n) is 1.39. The van der Waals surface area contributed by atoms with Crippen molar-refractivity contribution in [2.24, 2.45) is 0 Å². The zero-order chi connectivity index (χ0) is 15.9. The van der Waals surface area contributed by atoms with Crippen LogP contribution in [0.2, 0.25) is 0 Å². The molecule has 0 aliphatic heterocycles. The van der Waals surface area contributed by atoms with E-state index in [0.29, 0.717) is 5.75 Å². The number of aromatic nitrogens is 1. The number of carboxylic acids is 1. The number of hydrogen-bond donors (Lipinski definition) is 2. The summed E-state index contributed by atoms with van der Waals surface area (Å²) in [5.41, 5.74) is 0.206. The van der Waals surface area contributed by atoms with Crippen molar-refractivity contribution in [2.75, 3.05) is 5.75 Å². The van der Waals surface area contributed by atoms with Crippen molar-refractivity contribution in [1.82, 2.24) is 10.3 Å². The Bertz CT molecular complexity index is 474. The number of rotatable bonds is 6. The highest BCUT2D eigenvalue weighted by Gasteiger charge is 2.23. The monoisotopic (exact) mass is 312 g/mol. The smallest absolute Gasteiger partial charge is 0.408 e. The highest BCUT2D eigenvalue weighted by atomic mass is 32.2. The quantitative estimate of drug-likeness (QED) is 0.838. The molecule has 0 aliphatic carbocycles. The molecule has 21 heavy (non-hydrogen) atoms. The maximum absolute atomic E-state index is 11.6. The Morgan fingerprint density at radius 3 is 2.67 bits per heavy atom. The van der Waals surface area contributed by atoms with Crippen molar-refractivity contribution in [3.05, 3.63) is 30.1 Å². The number of alkyl carbamates (subject to hydrolysis) is 1. The van der Waals surface area contributed by atoms with Crippen LogP contribution in [-0.4, -0.2) is 39.5 Å². The van der Waals surface area contributed by atoms with Gasteiger partial charge in [0, 0.05) is 17.7 Å². The molecule has 0 aliphatic rings. The summed E-state index contributed by atoms with van der Waals surface area (Å²) in [5, 5.41) is 11.5. The number of carbonyl (C=O) groups is 2. The number of hydrogen-bond acceptors (Lipinski definition) is 5. The number of carbonyl (C=O) groups excluding carboxylic acids is 1. The average Bonchev–Trinajstić information content (AvgIpc) is 2.36. The molecule has 2 N–H and O–H groups in total. The Morgan fingerprint density at radius 1 is 1.43 bits per heavy atom.